The third-order valence-corrected chi connectivity index (χ3v) is 4.77. The Kier molecular flexibility index (Phi) is 9.47. The zero-order valence-electron chi connectivity index (χ0n) is 15.7. The van der Waals surface area contributed by atoms with E-state index in [1.165, 1.54) is 6.07 Å². The molecular formula is C19H24Cl3N3O3. The van der Waals surface area contributed by atoms with Gasteiger partial charge in [-0.3, -0.25) is 15.0 Å². The van der Waals surface area contributed by atoms with Crippen LogP contribution in [0.4, 0.5) is 5.69 Å². The normalized spacial score (nSPS) is 16.2. The van der Waals surface area contributed by atoms with Gasteiger partial charge in [0.1, 0.15) is 12.4 Å². The summed E-state index contributed by atoms with van der Waals surface area (Å²) in [6.07, 6.45) is 0. The van der Waals surface area contributed by atoms with E-state index in [9.17, 15) is 10.1 Å². The van der Waals surface area contributed by atoms with Crippen molar-refractivity contribution in [3.8, 4) is 5.75 Å². The molecular weight excluding hydrogens is 425 g/mol. The molecule has 0 fully saturated rings. The number of rotatable bonds is 5. The lowest BCUT2D eigenvalue weighted by Crippen LogP contribution is -2.36. The van der Waals surface area contributed by atoms with Gasteiger partial charge in [-0.05, 0) is 37.9 Å². The van der Waals surface area contributed by atoms with Crippen molar-refractivity contribution in [2.24, 2.45) is 0 Å². The van der Waals surface area contributed by atoms with Gasteiger partial charge >= 0.3 is 0 Å². The number of non-ortho nitro benzene ring substituents is 1. The molecule has 0 amide bonds. The van der Waals surface area contributed by atoms with E-state index in [2.05, 4.69) is 9.80 Å². The highest BCUT2D eigenvalue weighted by Gasteiger charge is 2.29. The van der Waals surface area contributed by atoms with E-state index in [0.717, 1.165) is 30.8 Å². The minimum absolute atomic E-state index is 0. The number of fused-ring (bicyclic) bond motifs is 1. The van der Waals surface area contributed by atoms with Crippen LogP contribution in [0, 0.1) is 10.1 Å². The average molecular weight is 449 g/mol. The number of nitro benzene ring substituents is 1. The summed E-state index contributed by atoms with van der Waals surface area (Å²) < 4.78 is 5.89. The monoisotopic (exact) mass is 447 g/mol. The summed E-state index contributed by atoms with van der Waals surface area (Å²) >= 11 is 6.05. The van der Waals surface area contributed by atoms with Crippen LogP contribution in [-0.2, 0) is 0 Å². The Labute approximate surface area is 182 Å². The summed E-state index contributed by atoms with van der Waals surface area (Å²) in [6, 6.07) is 12.4. The Balaban J connectivity index is 0.00000196. The van der Waals surface area contributed by atoms with Crippen molar-refractivity contribution in [3.05, 3.63) is 68.7 Å². The average Bonchev–Trinajstić information content (AvgIpc) is 2.79. The van der Waals surface area contributed by atoms with Gasteiger partial charge in [-0.15, -0.1) is 24.8 Å². The molecule has 2 aromatic rings. The first-order chi connectivity index (χ1) is 12.5. The highest BCUT2D eigenvalue weighted by molar-refractivity contribution is 6.30. The van der Waals surface area contributed by atoms with Gasteiger partial charge in [-0.1, -0.05) is 23.7 Å². The number of nitro groups is 1. The molecule has 0 radical (unpaired) electrons. The fourth-order valence-corrected chi connectivity index (χ4v) is 3.32. The van der Waals surface area contributed by atoms with Crippen molar-refractivity contribution in [2.75, 3.05) is 40.3 Å². The van der Waals surface area contributed by atoms with E-state index in [0.29, 0.717) is 17.4 Å². The second-order valence-electron chi connectivity index (χ2n) is 6.62. The quantitative estimate of drug-likeness (QED) is 0.500. The number of hydrogen-bond acceptors (Lipinski definition) is 5. The Morgan fingerprint density at radius 3 is 2.50 bits per heavy atom. The molecule has 3 rings (SSSR count). The molecule has 28 heavy (non-hydrogen) atoms. The number of ether oxygens (including phenoxy) is 1. The van der Waals surface area contributed by atoms with Gasteiger partial charge in [0.25, 0.3) is 5.69 Å². The Bertz CT molecular complexity index is 788. The summed E-state index contributed by atoms with van der Waals surface area (Å²) in [4.78, 5) is 15.3. The molecule has 0 saturated carbocycles. The lowest BCUT2D eigenvalue weighted by molar-refractivity contribution is -0.385. The number of nitrogens with zero attached hydrogens (tertiary/aromatic N) is 3. The molecule has 0 bridgehead atoms. The van der Waals surface area contributed by atoms with E-state index in [1.807, 2.05) is 38.4 Å². The molecule has 9 heteroatoms. The summed E-state index contributed by atoms with van der Waals surface area (Å²) in [5, 5.41) is 11.9. The van der Waals surface area contributed by atoms with Crippen molar-refractivity contribution in [1.82, 2.24) is 9.80 Å². The fraction of sp³-hybridized carbons (Fsp3) is 0.368. The SMILES string of the molecule is CN(C)CCN1CCOc2ccc([N+](=O)[O-])cc2C1c1ccc(Cl)cc1.Cl.Cl. The van der Waals surface area contributed by atoms with E-state index >= 15 is 0 Å². The molecule has 1 aliphatic rings. The van der Waals surface area contributed by atoms with Gasteiger partial charge in [-0.2, -0.15) is 0 Å². The number of benzene rings is 2. The largest absolute Gasteiger partial charge is 0.492 e. The molecule has 1 unspecified atom stereocenters. The van der Waals surface area contributed by atoms with Gasteiger partial charge in [0.05, 0.1) is 11.0 Å². The molecule has 1 atom stereocenters. The van der Waals surface area contributed by atoms with Crippen LogP contribution >= 0.6 is 36.4 Å². The maximum absolute atomic E-state index is 11.3. The number of hydrogen-bond donors (Lipinski definition) is 0. The lowest BCUT2D eigenvalue weighted by atomic mass is 9.96. The maximum Gasteiger partial charge on any atom is 0.270 e. The van der Waals surface area contributed by atoms with Gasteiger partial charge in [0.15, 0.2) is 0 Å². The molecule has 0 aliphatic carbocycles. The first-order valence-corrected chi connectivity index (χ1v) is 8.89. The van der Waals surface area contributed by atoms with E-state index in [-0.39, 0.29) is 41.5 Å². The van der Waals surface area contributed by atoms with E-state index in [1.54, 1.807) is 12.1 Å². The molecule has 0 saturated heterocycles. The molecule has 6 nitrogen and oxygen atoms in total. The van der Waals surface area contributed by atoms with Crippen LogP contribution in [0.5, 0.6) is 5.75 Å². The van der Waals surface area contributed by atoms with Crippen LogP contribution in [-0.4, -0.2) is 55.1 Å². The molecule has 1 heterocycles. The molecule has 0 spiro atoms. The van der Waals surface area contributed by atoms with Crippen LogP contribution < -0.4 is 4.74 Å². The summed E-state index contributed by atoms with van der Waals surface area (Å²) in [5.41, 5.74) is 1.93. The third kappa shape index (κ3) is 5.72. The predicted molar refractivity (Wildman–Crippen MR) is 117 cm³/mol. The first-order valence-electron chi connectivity index (χ1n) is 8.51. The van der Waals surface area contributed by atoms with Crippen LogP contribution in [0.1, 0.15) is 17.2 Å². The van der Waals surface area contributed by atoms with Crippen molar-refractivity contribution < 1.29 is 9.66 Å². The topological polar surface area (TPSA) is 58.8 Å². The van der Waals surface area contributed by atoms with Gasteiger partial charge < -0.3 is 9.64 Å². The molecule has 1 aliphatic heterocycles. The van der Waals surface area contributed by atoms with Crippen LogP contribution in [0.2, 0.25) is 5.02 Å². The van der Waals surface area contributed by atoms with Crippen LogP contribution in [0.3, 0.4) is 0 Å². The fourth-order valence-electron chi connectivity index (χ4n) is 3.20. The van der Waals surface area contributed by atoms with Crippen LogP contribution in [0.15, 0.2) is 42.5 Å². The minimum atomic E-state index is -0.367. The zero-order chi connectivity index (χ0) is 18.7. The van der Waals surface area contributed by atoms with Crippen molar-refractivity contribution in [3.63, 3.8) is 0 Å². The van der Waals surface area contributed by atoms with Gasteiger partial charge in [0, 0.05) is 42.4 Å². The second-order valence-corrected chi connectivity index (χ2v) is 7.06. The highest BCUT2D eigenvalue weighted by atomic mass is 35.5. The molecule has 0 N–H and O–H groups in total. The van der Waals surface area contributed by atoms with Crippen molar-refractivity contribution in [1.29, 1.82) is 0 Å². The predicted octanol–water partition coefficient (Wildman–Crippen LogP) is 4.44. The summed E-state index contributed by atoms with van der Waals surface area (Å²) in [5.74, 6) is 0.697. The Morgan fingerprint density at radius 2 is 1.89 bits per heavy atom. The zero-order valence-corrected chi connectivity index (χ0v) is 18.1. The number of likely N-dealkylation sites (N-methyl/N-ethyl adjacent to an activating group) is 1. The van der Waals surface area contributed by atoms with E-state index in [4.69, 9.17) is 16.3 Å². The maximum atomic E-state index is 11.3. The Morgan fingerprint density at radius 1 is 1.21 bits per heavy atom. The van der Waals surface area contributed by atoms with Crippen molar-refractivity contribution in [2.45, 2.75) is 6.04 Å². The molecule has 154 valence electrons. The Hall–Kier alpha value is -1.57. The molecule has 2 aromatic carbocycles. The molecule has 0 aromatic heterocycles. The summed E-state index contributed by atoms with van der Waals surface area (Å²) in [6.45, 7) is 2.99. The third-order valence-electron chi connectivity index (χ3n) is 4.52. The van der Waals surface area contributed by atoms with Crippen molar-refractivity contribution >= 4 is 42.1 Å². The second kappa shape index (κ2) is 10.8. The number of halogens is 3. The minimum Gasteiger partial charge on any atom is -0.492 e. The lowest BCUT2D eigenvalue weighted by Gasteiger charge is -2.31. The first kappa shape index (κ1) is 24.5. The highest BCUT2D eigenvalue weighted by Crippen LogP contribution is 2.38. The smallest absolute Gasteiger partial charge is 0.270 e. The van der Waals surface area contributed by atoms with Crippen LogP contribution in [0.25, 0.3) is 0 Å². The van der Waals surface area contributed by atoms with E-state index < -0.39 is 0 Å². The van der Waals surface area contributed by atoms with Gasteiger partial charge in [0.2, 0.25) is 0 Å². The summed E-state index contributed by atoms with van der Waals surface area (Å²) in [7, 11) is 4.06. The standard InChI is InChI=1S/C19H22ClN3O3.2ClH/c1-21(2)9-10-22-11-12-26-18-8-7-16(23(24)25)13-17(18)19(22)14-3-5-15(20)6-4-14;;/h3-8,13,19H,9-12H2,1-2H3;2*1H. The van der Waals surface area contributed by atoms with Gasteiger partial charge in [-0.25, -0.2) is 0 Å².